The van der Waals surface area contributed by atoms with E-state index in [9.17, 15) is 28.7 Å². The van der Waals surface area contributed by atoms with Crippen molar-refractivity contribution in [2.75, 3.05) is 37.0 Å². The van der Waals surface area contributed by atoms with E-state index in [4.69, 9.17) is 25.1 Å². The van der Waals surface area contributed by atoms with Crippen molar-refractivity contribution in [3.05, 3.63) is 83.7 Å². The maximum absolute atomic E-state index is 13.7. The number of Topliss-reactive ketones (excluding diaryl/α,β-unsaturated/α-hetero) is 1. The highest BCUT2D eigenvalue weighted by Gasteiger charge is 2.49. The summed E-state index contributed by atoms with van der Waals surface area (Å²) in [5, 5.41) is 22.0. The van der Waals surface area contributed by atoms with Crippen LogP contribution in [-0.4, -0.2) is 77.2 Å². The number of anilines is 1. The fourth-order valence-corrected chi connectivity index (χ4v) is 6.95. The van der Waals surface area contributed by atoms with E-state index in [0.717, 1.165) is 5.56 Å². The second kappa shape index (κ2) is 16.2. The average molecular weight is 696 g/mol. The van der Waals surface area contributed by atoms with Gasteiger partial charge in [-0.25, -0.2) is 4.39 Å². The van der Waals surface area contributed by atoms with Crippen LogP contribution in [0.1, 0.15) is 43.0 Å². The van der Waals surface area contributed by atoms with Crippen LogP contribution >= 0.6 is 11.8 Å². The number of carbonyl (C=O) groups is 4. The zero-order chi connectivity index (χ0) is 35.1. The van der Waals surface area contributed by atoms with Crippen molar-refractivity contribution in [1.29, 1.82) is 0 Å². The summed E-state index contributed by atoms with van der Waals surface area (Å²) in [5.41, 5.74) is 7.58. The molecule has 1 saturated heterocycles. The Morgan fingerprint density at radius 3 is 2.43 bits per heavy atom. The third-order valence-corrected chi connectivity index (χ3v) is 9.74. The third kappa shape index (κ3) is 8.69. The Kier molecular flexibility index (Phi) is 11.8. The first kappa shape index (κ1) is 35.6. The number of ketones is 1. The molecule has 0 radical (unpaired) electrons. The highest BCUT2D eigenvalue weighted by atomic mass is 32.2. The van der Waals surface area contributed by atoms with E-state index in [1.54, 1.807) is 54.3 Å². The lowest BCUT2D eigenvalue weighted by atomic mass is 9.92. The van der Waals surface area contributed by atoms with Crippen LogP contribution < -0.4 is 30.2 Å². The number of carboxylic acids is 1. The van der Waals surface area contributed by atoms with E-state index in [1.165, 1.54) is 36.0 Å². The number of ether oxygens (including phenoxy) is 3. The lowest BCUT2D eigenvalue weighted by molar-refractivity contribution is -0.140. The molecule has 3 aromatic rings. The number of β-lactam (4-membered cyclic amide) rings is 1. The van der Waals surface area contributed by atoms with Gasteiger partial charge < -0.3 is 40.4 Å². The Bertz CT molecular complexity index is 1660. The van der Waals surface area contributed by atoms with Gasteiger partial charge >= 0.3 is 5.97 Å². The molecule has 0 saturated carbocycles. The summed E-state index contributed by atoms with van der Waals surface area (Å²) in [5.74, 6) is -1.43. The Morgan fingerprint density at radius 1 is 1.06 bits per heavy atom. The number of nitrogens with two attached hydrogens (primary N) is 1. The fourth-order valence-electron chi connectivity index (χ4n) is 5.65. The molecule has 0 aliphatic carbocycles. The van der Waals surface area contributed by atoms with Crippen molar-refractivity contribution in [3.63, 3.8) is 0 Å². The second-order valence-corrected chi connectivity index (χ2v) is 12.9. The van der Waals surface area contributed by atoms with Crippen LogP contribution in [0.3, 0.4) is 0 Å². The van der Waals surface area contributed by atoms with E-state index >= 15 is 0 Å². The van der Waals surface area contributed by atoms with Gasteiger partial charge in [-0.3, -0.25) is 19.2 Å². The maximum Gasteiger partial charge on any atom is 0.320 e. The summed E-state index contributed by atoms with van der Waals surface area (Å²) >= 11 is 1.31. The predicted octanol–water partition coefficient (Wildman–Crippen LogP) is 3.41. The van der Waals surface area contributed by atoms with Crippen molar-refractivity contribution in [3.8, 4) is 17.2 Å². The number of aliphatic hydroxyl groups is 1. The monoisotopic (exact) mass is 695 g/mol. The van der Waals surface area contributed by atoms with Gasteiger partial charge in [0.2, 0.25) is 5.91 Å². The molecular formula is C35H38FN3O9S. The highest BCUT2D eigenvalue weighted by Crippen LogP contribution is 2.46. The van der Waals surface area contributed by atoms with Crippen LogP contribution in [0, 0.1) is 11.7 Å². The summed E-state index contributed by atoms with van der Waals surface area (Å²) in [7, 11) is 0. The van der Waals surface area contributed by atoms with Crippen molar-refractivity contribution < 1.29 is 48.0 Å². The number of thioether (sulfide) groups is 1. The Balaban J connectivity index is 1.19. The van der Waals surface area contributed by atoms with Gasteiger partial charge in [-0.1, -0.05) is 31.5 Å². The number of amides is 2. The number of benzene rings is 3. The van der Waals surface area contributed by atoms with Crippen LogP contribution in [-0.2, 0) is 19.2 Å². The van der Waals surface area contributed by atoms with Crippen molar-refractivity contribution >= 4 is 41.0 Å². The molecule has 2 amide bonds. The van der Waals surface area contributed by atoms with Crippen LogP contribution in [0.15, 0.2) is 66.7 Å². The van der Waals surface area contributed by atoms with E-state index in [0.29, 0.717) is 48.1 Å². The second-order valence-electron chi connectivity index (χ2n) is 11.7. The lowest BCUT2D eigenvalue weighted by Crippen LogP contribution is -2.57. The SMILES string of the molecule is CCC(CC(=O)CNC(=O)COc1ccc([C@@H]2[C@@H](SCC(O)c3ccc4c(c3)OCCO4)C(=O)N2c2ccc(F)cc2)cc1)[C@@H](N)C(=O)O. The predicted molar refractivity (Wildman–Crippen MR) is 179 cm³/mol. The molecule has 0 bridgehead atoms. The van der Waals surface area contributed by atoms with Gasteiger partial charge in [0.15, 0.2) is 23.9 Å². The number of halogens is 1. The van der Waals surface area contributed by atoms with Gasteiger partial charge in [-0.2, -0.15) is 0 Å². The maximum atomic E-state index is 13.7. The number of nitrogens with one attached hydrogen (secondary N) is 1. The summed E-state index contributed by atoms with van der Waals surface area (Å²) in [6.07, 6.45) is -0.533. The molecule has 3 aromatic carbocycles. The standard InChI is InChI=1S/C35H38FN3O9S/c1-2-20(31(37)35(44)45)15-25(40)17-38-30(42)18-48-26-10-3-21(4-11-26)32-33(34(43)39(32)24-8-6-23(36)7-9-24)49-19-27(41)22-5-12-28-29(16-22)47-14-13-46-28/h3-12,16,20,27,31-33,41H,2,13-15,17-19,37H2,1H3,(H,38,42)(H,44,45)/t20?,27?,31-,32-,33-/m1/s1. The van der Waals surface area contributed by atoms with Crippen molar-refractivity contribution in [2.45, 2.75) is 43.2 Å². The number of fused-ring (bicyclic) bond motifs is 1. The number of nitrogens with zero attached hydrogens (tertiary/aromatic N) is 1. The lowest BCUT2D eigenvalue weighted by Gasteiger charge is -2.47. The molecule has 260 valence electrons. The average Bonchev–Trinajstić information content (AvgIpc) is 3.11. The molecule has 1 fully saturated rings. The smallest absolute Gasteiger partial charge is 0.320 e. The number of hydrogen-bond acceptors (Lipinski definition) is 10. The number of aliphatic hydroxyl groups excluding tert-OH is 1. The number of aliphatic carboxylic acids is 1. The minimum absolute atomic E-state index is 0.0676. The number of rotatable bonds is 16. The first-order chi connectivity index (χ1) is 23.5. The van der Waals surface area contributed by atoms with Gasteiger partial charge in [0.25, 0.3) is 5.91 Å². The van der Waals surface area contributed by atoms with Crippen molar-refractivity contribution in [1.82, 2.24) is 5.32 Å². The van der Waals surface area contributed by atoms with Gasteiger partial charge in [0, 0.05) is 17.9 Å². The topological polar surface area (TPSA) is 178 Å². The Hall–Kier alpha value is -4.66. The quantitative estimate of drug-likeness (QED) is 0.162. The third-order valence-electron chi connectivity index (χ3n) is 8.42. The number of carbonyl (C=O) groups excluding carboxylic acids is 3. The molecule has 14 heteroatoms. The Morgan fingerprint density at radius 2 is 1.76 bits per heavy atom. The molecule has 5 N–H and O–H groups in total. The van der Waals surface area contributed by atoms with Gasteiger partial charge in [0.1, 0.15) is 36.1 Å². The van der Waals surface area contributed by atoms with E-state index in [1.807, 2.05) is 0 Å². The van der Waals surface area contributed by atoms with E-state index < -0.39 is 47.0 Å². The minimum atomic E-state index is -1.18. The largest absolute Gasteiger partial charge is 0.486 e. The van der Waals surface area contributed by atoms with Crippen LogP contribution in [0.25, 0.3) is 0 Å². The summed E-state index contributed by atoms with van der Waals surface area (Å²) in [4.78, 5) is 50.8. The molecule has 0 spiro atoms. The number of hydrogen-bond donors (Lipinski definition) is 4. The Labute approximate surface area is 286 Å². The summed E-state index contributed by atoms with van der Waals surface area (Å²) in [6, 6.07) is 16.2. The van der Waals surface area contributed by atoms with Crippen LogP contribution in [0.4, 0.5) is 10.1 Å². The van der Waals surface area contributed by atoms with E-state index in [2.05, 4.69) is 5.32 Å². The molecule has 5 atom stereocenters. The first-order valence-corrected chi connectivity index (χ1v) is 16.9. The normalized spacial score (nSPS) is 18.5. The molecule has 2 aliphatic rings. The minimum Gasteiger partial charge on any atom is -0.486 e. The van der Waals surface area contributed by atoms with Gasteiger partial charge in [0.05, 0.1) is 18.7 Å². The first-order valence-electron chi connectivity index (χ1n) is 15.8. The molecule has 12 nitrogen and oxygen atoms in total. The fraction of sp³-hybridized carbons (Fsp3) is 0.371. The van der Waals surface area contributed by atoms with Crippen molar-refractivity contribution in [2.24, 2.45) is 11.7 Å². The highest BCUT2D eigenvalue weighted by molar-refractivity contribution is 8.00. The summed E-state index contributed by atoms with van der Waals surface area (Å²) in [6.45, 7) is 1.98. The molecule has 49 heavy (non-hydrogen) atoms. The van der Waals surface area contributed by atoms with E-state index in [-0.39, 0.29) is 37.0 Å². The van der Waals surface area contributed by atoms with Gasteiger partial charge in [-0.15, -0.1) is 11.8 Å². The molecular weight excluding hydrogens is 657 g/mol. The molecule has 2 unspecified atom stereocenters. The molecule has 2 aliphatic heterocycles. The zero-order valence-electron chi connectivity index (χ0n) is 26.8. The molecule has 2 heterocycles. The van der Waals surface area contributed by atoms with Crippen LogP contribution in [0.2, 0.25) is 0 Å². The van der Waals surface area contributed by atoms with Gasteiger partial charge in [-0.05, 0) is 65.6 Å². The molecule has 0 aromatic heterocycles. The van der Waals surface area contributed by atoms with Crippen LogP contribution in [0.5, 0.6) is 17.2 Å². The number of carboxylic acid groups (broad SMARTS) is 1. The zero-order valence-corrected chi connectivity index (χ0v) is 27.6. The summed E-state index contributed by atoms with van der Waals surface area (Å²) < 4.78 is 30.5. The molecule has 5 rings (SSSR count).